The number of allylic oxidation sites excluding steroid dienone is 2. The third kappa shape index (κ3) is 3.82. The monoisotopic (exact) mass is 364 g/mol. The Morgan fingerprint density at radius 2 is 2.00 bits per heavy atom. The first-order valence-corrected chi connectivity index (χ1v) is 8.26. The van der Waals surface area contributed by atoms with E-state index in [1.807, 2.05) is 36.4 Å². The van der Waals surface area contributed by atoms with Crippen LogP contribution in [0.1, 0.15) is 24.0 Å². The van der Waals surface area contributed by atoms with Crippen LogP contribution in [0.25, 0.3) is 0 Å². The number of halogens is 1. The molecule has 0 amide bonds. The Labute approximate surface area is 156 Å². The van der Waals surface area contributed by atoms with Gasteiger partial charge in [-0.25, -0.2) is 9.18 Å². The SMILES string of the molecule is CC1=C(C(=O)OCc2ccccc2)C(c2cccc(F)c2)C(C#N)=C(N)O1. The van der Waals surface area contributed by atoms with Crippen LogP contribution in [-0.2, 0) is 20.9 Å². The molecule has 1 aliphatic heterocycles. The highest BCUT2D eigenvalue weighted by atomic mass is 19.1. The predicted octanol–water partition coefficient (Wildman–Crippen LogP) is 3.65. The average Bonchev–Trinajstić information content (AvgIpc) is 2.66. The van der Waals surface area contributed by atoms with Crippen molar-refractivity contribution in [3.63, 3.8) is 0 Å². The van der Waals surface area contributed by atoms with E-state index in [0.29, 0.717) is 5.56 Å². The Morgan fingerprint density at radius 3 is 2.67 bits per heavy atom. The number of esters is 1. The van der Waals surface area contributed by atoms with E-state index in [1.54, 1.807) is 13.0 Å². The maximum atomic E-state index is 13.8. The molecule has 2 aromatic rings. The van der Waals surface area contributed by atoms with Crippen molar-refractivity contribution in [1.29, 1.82) is 5.26 Å². The van der Waals surface area contributed by atoms with E-state index in [-0.39, 0.29) is 29.4 Å². The minimum atomic E-state index is -0.859. The molecule has 0 fully saturated rings. The minimum Gasteiger partial charge on any atom is -0.457 e. The average molecular weight is 364 g/mol. The van der Waals surface area contributed by atoms with Crippen LogP contribution in [0.15, 0.2) is 77.4 Å². The van der Waals surface area contributed by atoms with Crippen molar-refractivity contribution >= 4 is 5.97 Å². The lowest BCUT2D eigenvalue weighted by atomic mass is 9.83. The molecular formula is C21H17FN2O3. The molecule has 2 N–H and O–H groups in total. The number of nitrogens with two attached hydrogens (primary N) is 1. The lowest BCUT2D eigenvalue weighted by molar-refractivity contribution is -0.140. The summed E-state index contributed by atoms with van der Waals surface area (Å²) in [4.78, 5) is 12.8. The standard InChI is InChI=1S/C21H17FN2O3/c1-13-18(21(25)26-12-14-6-3-2-4-7-14)19(17(11-23)20(24)27-13)15-8-5-9-16(22)10-15/h2-10,19H,12,24H2,1H3. The Morgan fingerprint density at radius 1 is 1.26 bits per heavy atom. The molecule has 136 valence electrons. The molecule has 1 aliphatic rings. The molecule has 1 unspecified atom stereocenters. The van der Waals surface area contributed by atoms with Gasteiger partial charge >= 0.3 is 5.97 Å². The van der Waals surface area contributed by atoms with Gasteiger partial charge < -0.3 is 15.2 Å². The highest BCUT2D eigenvalue weighted by molar-refractivity contribution is 5.92. The number of nitrogens with zero attached hydrogens (tertiary/aromatic N) is 1. The second kappa shape index (κ2) is 7.75. The lowest BCUT2D eigenvalue weighted by Crippen LogP contribution is -2.25. The van der Waals surface area contributed by atoms with Crippen molar-refractivity contribution < 1.29 is 18.7 Å². The summed E-state index contributed by atoms with van der Waals surface area (Å²) in [6, 6.07) is 16.8. The Hall–Kier alpha value is -3.59. The number of nitriles is 1. The predicted molar refractivity (Wildman–Crippen MR) is 96.0 cm³/mol. The number of rotatable bonds is 4. The fraction of sp³-hybridized carbons (Fsp3) is 0.143. The molecule has 5 nitrogen and oxygen atoms in total. The van der Waals surface area contributed by atoms with Crippen molar-refractivity contribution in [3.05, 3.63) is 94.3 Å². The fourth-order valence-corrected chi connectivity index (χ4v) is 2.97. The Balaban J connectivity index is 1.96. The van der Waals surface area contributed by atoms with Crippen LogP contribution in [0.5, 0.6) is 0 Å². The molecule has 0 radical (unpaired) electrons. The summed E-state index contributed by atoms with van der Waals surface area (Å²) in [7, 11) is 0. The molecule has 0 aromatic heterocycles. The van der Waals surface area contributed by atoms with Gasteiger partial charge in [-0.3, -0.25) is 0 Å². The maximum absolute atomic E-state index is 13.8. The summed E-state index contributed by atoms with van der Waals surface area (Å²) < 4.78 is 24.5. The summed E-state index contributed by atoms with van der Waals surface area (Å²) in [5.41, 5.74) is 7.23. The smallest absolute Gasteiger partial charge is 0.338 e. The van der Waals surface area contributed by atoms with Crippen molar-refractivity contribution in [3.8, 4) is 6.07 Å². The van der Waals surface area contributed by atoms with Gasteiger partial charge in [-0.15, -0.1) is 0 Å². The molecule has 0 bridgehead atoms. The largest absolute Gasteiger partial charge is 0.457 e. The van der Waals surface area contributed by atoms with Crippen molar-refractivity contribution in [1.82, 2.24) is 0 Å². The van der Waals surface area contributed by atoms with Gasteiger partial charge in [0.2, 0.25) is 5.88 Å². The van der Waals surface area contributed by atoms with Crippen molar-refractivity contribution in [2.45, 2.75) is 19.4 Å². The molecule has 6 heteroatoms. The molecule has 1 heterocycles. The number of carbonyl (C=O) groups is 1. The Bertz CT molecular complexity index is 974. The molecule has 0 saturated heterocycles. The van der Waals surface area contributed by atoms with E-state index < -0.39 is 17.7 Å². The van der Waals surface area contributed by atoms with E-state index >= 15 is 0 Å². The maximum Gasteiger partial charge on any atom is 0.338 e. The molecule has 0 spiro atoms. The first-order chi connectivity index (χ1) is 13.0. The van der Waals surface area contributed by atoms with Gasteiger partial charge in [-0.1, -0.05) is 42.5 Å². The van der Waals surface area contributed by atoms with Crippen LogP contribution in [0, 0.1) is 17.1 Å². The van der Waals surface area contributed by atoms with Crippen LogP contribution in [-0.4, -0.2) is 5.97 Å². The number of hydrogen-bond acceptors (Lipinski definition) is 5. The van der Waals surface area contributed by atoms with Gasteiger partial charge in [0.05, 0.1) is 11.5 Å². The number of ether oxygens (including phenoxy) is 2. The molecule has 3 rings (SSSR count). The zero-order valence-electron chi connectivity index (χ0n) is 14.6. The van der Waals surface area contributed by atoms with Crippen LogP contribution in [0.3, 0.4) is 0 Å². The summed E-state index contributed by atoms with van der Waals surface area (Å²) in [5.74, 6) is -1.87. The van der Waals surface area contributed by atoms with E-state index in [4.69, 9.17) is 15.2 Å². The van der Waals surface area contributed by atoms with Crippen LogP contribution >= 0.6 is 0 Å². The molecule has 27 heavy (non-hydrogen) atoms. The molecule has 1 atom stereocenters. The zero-order valence-corrected chi connectivity index (χ0v) is 14.6. The van der Waals surface area contributed by atoms with Gasteiger partial charge in [0.1, 0.15) is 29.8 Å². The van der Waals surface area contributed by atoms with E-state index in [0.717, 1.165) is 5.56 Å². The first kappa shape index (κ1) is 18.2. The quantitative estimate of drug-likeness (QED) is 0.837. The first-order valence-electron chi connectivity index (χ1n) is 8.26. The van der Waals surface area contributed by atoms with E-state index in [2.05, 4.69) is 0 Å². The number of benzene rings is 2. The second-order valence-electron chi connectivity index (χ2n) is 6.01. The molecule has 0 aliphatic carbocycles. The van der Waals surface area contributed by atoms with E-state index in [9.17, 15) is 14.4 Å². The Kier molecular flexibility index (Phi) is 5.23. The van der Waals surface area contributed by atoms with Gasteiger partial charge in [0.15, 0.2) is 0 Å². The highest BCUT2D eigenvalue weighted by Gasteiger charge is 2.36. The van der Waals surface area contributed by atoms with Gasteiger partial charge in [0, 0.05) is 0 Å². The fourth-order valence-electron chi connectivity index (χ4n) is 2.97. The topological polar surface area (TPSA) is 85.3 Å². The zero-order chi connectivity index (χ0) is 19.4. The van der Waals surface area contributed by atoms with Gasteiger partial charge in [0.25, 0.3) is 0 Å². The summed E-state index contributed by atoms with van der Waals surface area (Å²) in [6.07, 6.45) is 0. The number of hydrogen-bond donors (Lipinski definition) is 1. The summed E-state index contributed by atoms with van der Waals surface area (Å²) in [6.45, 7) is 1.62. The highest BCUT2D eigenvalue weighted by Crippen LogP contribution is 2.39. The normalized spacial score (nSPS) is 16.6. The summed E-state index contributed by atoms with van der Waals surface area (Å²) >= 11 is 0. The van der Waals surface area contributed by atoms with Gasteiger partial charge in [-0.05, 0) is 30.2 Å². The van der Waals surface area contributed by atoms with Crippen molar-refractivity contribution in [2.24, 2.45) is 5.73 Å². The van der Waals surface area contributed by atoms with Crippen LogP contribution in [0.4, 0.5) is 4.39 Å². The summed E-state index contributed by atoms with van der Waals surface area (Å²) in [5, 5.41) is 9.52. The van der Waals surface area contributed by atoms with Crippen LogP contribution in [0.2, 0.25) is 0 Å². The molecule has 0 saturated carbocycles. The molecule has 2 aromatic carbocycles. The number of carbonyl (C=O) groups excluding carboxylic acids is 1. The lowest BCUT2D eigenvalue weighted by Gasteiger charge is -2.27. The second-order valence-corrected chi connectivity index (χ2v) is 6.01. The van der Waals surface area contributed by atoms with E-state index in [1.165, 1.54) is 18.2 Å². The minimum absolute atomic E-state index is 0.0397. The van der Waals surface area contributed by atoms with Gasteiger partial charge in [-0.2, -0.15) is 5.26 Å². The third-order valence-electron chi connectivity index (χ3n) is 4.22. The molecular weight excluding hydrogens is 347 g/mol. The van der Waals surface area contributed by atoms with Crippen molar-refractivity contribution in [2.75, 3.05) is 0 Å². The third-order valence-corrected chi connectivity index (χ3v) is 4.22. The van der Waals surface area contributed by atoms with Crippen LogP contribution < -0.4 is 5.73 Å².